The zero-order valence-electron chi connectivity index (χ0n) is 11.0. The molecule has 1 N–H and O–H groups in total. The molecule has 0 atom stereocenters. The average Bonchev–Trinajstić information content (AvgIpc) is 2.28. The summed E-state index contributed by atoms with van der Waals surface area (Å²) in [5.41, 5.74) is 0.944. The van der Waals surface area contributed by atoms with Crippen LogP contribution in [0.25, 0.3) is 0 Å². The Balaban J connectivity index is 2.79. The molecule has 100 valence electrons. The van der Waals surface area contributed by atoms with E-state index in [4.69, 9.17) is 0 Å². The third kappa shape index (κ3) is 4.93. The van der Waals surface area contributed by atoms with Gasteiger partial charge in [0.15, 0.2) is 0 Å². The maximum absolute atomic E-state index is 10.9. The Labute approximate surface area is 112 Å². The number of benzene rings is 1. The summed E-state index contributed by atoms with van der Waals surface area (Å²) in [6.45, 7) is 3.67. The maximum Gasteiger partial charge on any atom is 0.272 e. The highest BCUT2D eigenvalue weighted by molar-refractivity contribution is 7.99. The molecule has 0 saturated carbocycles. The summed E-state index contributed by atoms with van der Waals surface area (Å²) in [6, 6.07) is 5.15. The molecule has 0 heterocycles. The number of non-ortho nitro benzene ring substituents is 1. The van der Waals surface area contributed by atoms with Crippen LogP contribution in [0.2, 0.25) is 0 Å². The van der Waals surface area contributed by atoms with Crippen LogP contribution in [0.4, 0.5) is 11.4 Å². The molecule has 1 aromatic carbocycles. The summed E-state index contributed by atoms with van der Waals surface area (Å²) in [6.07, 6.45) is 0. The van der Waals surface area contributed by atoms with E-state index in [9.17, 15) is 10.1 Å². The summed E-state index contributed by atoms with van der Waals surface area (Å²) in [5, 5.41) is 14.0. The molecule has 5 nitrogen and oxygen atoms in total. The molecule has 0 unspecified atom stereocenters. The van der Waals surface area contributed by atoms with Crippen LogP contribution in [0.15, 0.2) is 23.1 Å². The van der Waals surface area contributed by atoms with Crippen LogP contribution < -0.4 is 5.32 Å². The van der Waals surface area contributed by atoms with Crippen molar-refractivity contribution in [3.8, 4) is 0 Å². The van der Waals surface area contributed by atoms with Gasteiger partial charge in [0.1, 0.15) is 0 Å². The lowest BCUT2D eigenvalue weighted by molar-refractivity contribution is -0.385. The molecular weight excluding hydrogens is 250 g/mol. The van der Waals surface area contributed by atoms with Gasteiger partial charge in [-0.15, -0.1) is 11.8 Å². The van der Waals surface area contributed by atoms with Crippen molar-refractivity contribution in [1.29, 1.82) is 0 Å². The van der Waals surface area contributed by atoms with E-state index < -0.39 is 0 Å². The van der Waals surface area contributed by atoms with E-state index in [1.807, 2.05) is 27.1 Å². The van der Waals surface area contributed by atoms with Gasteiger partial charge in [-0.2, -0.15) is 0 Å². The van der Waals surface area contributed by atoms with Crippen molar-refractivity contribution < 1.29 is 4.92 Å². The number of hydrogen-bond donors (Lipinski definition) is 1. The van der Waals surface area contributed by atoms with Crippen molar-refractivity contribution in [2.75, 3.05) is 38.3 Å². The summed E-state index contributed by atoms with van der Waals surface area (Å²) in [7, 11) is 4.02. The zero-order valence-corrected chi connectivity index (χ0v) is 11.8. The summed E-state index contributed by atoms with van der Waals surface area (Å²) < 4.78 is 0. The number of hydrogen-bond acceptors (Lipinski definition) is 5. The third-order valence-electron chi connectivity index (χ3n) is 2.29. The lowest BCUT2D eigenvalue weighted by Gasteiger charge is -2.10. The highest BCUT2D eigenvalue weighted by Crippen LogP contribution is 2.27. The van der Waals surface area contributed by atoms with Gasteiger partial charge in [0.05, 0.1) is 4.92 Å². The number of rotatable bonds is 7. The van der Waals surface area contributed by atoms with Crippen molar-refractivity contribution in [2.45, 2.75) is 11.8 Å². The number of anilines is 1. The molecule has 0 aliphatic carbocycles. The van der Waals surface area contributed by atoms with E-state index in [0.717, 1.165) is 29.4 Å². The summed E-state index contributed by atoms with van der Waals surface area (Å²) in [5.74, 6) is 0.916. The van der Waals surface area contributed by atoms with E-state index in [0.29, 0.717) is 0 Å². The Morgan fingerprint density at radius 3 is 2.67 bits per heavy atom. The molecule has 0 saturated heterocycles. The maximum atomic E-state index is 10.9. The van der Waals surface area contributed by atoms with Gasteiger partial charge in [-0.3, -0.25) is 10.1 Å². The van der Waals surface area contributed by atoms with Crippen molar-refractivity contribution in [3.05, 3.63) is 28.3 Å². The summed E-state index contributed by atoms with van der Waals surface area (Å²) >= 11 is 1.63. The predicted molar refractivity (Wildman–Crippen MR) is 76.5 cm³/mol. The third-order valence-corrected chi connectivity index (χ3v) is 3.25. The highest BCUT2D eigenvalue weighted by atomic mass is 32.2. The van der Waals surface area contributed by atoms with Crippen molar-refractivity contribution in [2.24, 2.45) is 0 Å². The molecule has 1 aromatic rings. The van der Waals surface area contributed by atoms with Gasteiger partial charge >= 0.3 is 0 Å². The number of nitrogens with zero attached hydrogens (tertiary/aromatic N) is 2. The molecule has 0 aromatic heterocycles. The van der Waals surface area contributed by atoms with Crippen LogP contribution in [0.5, 0.6) is 0 Å². The van der Waals surface area contributed by atoms with E-state index in [2.05, 4.69) is 10.2 Å². The molecule has 0 spiro atoms. The fraction of sp³-hybridized carbons (Fsp3) is 0.500. The van der Waals surface area contributed by atoms with Gasteiger partial charge in [-0.05, 0) is 27.1 Å². The Kier molecular flexibility index (Phi) is 5.94. The SMILES string of the molecule is CCNc1cc(SCCN(C)C)cc([N+](=O)[O-])c1. The molecule has 0 fully saturated rings. The van der Waals surface area contributed by atoms with Gasteiger partial charge in [0, 0.05) is 41.6 Å². The Morgan fingerprint density at radius 1 is 1.39 bits per heavy atom. The quantitative estimate of drug-likeness (QED) is 0.468. The second kappa shape index (κ2) is 7.23. The first-order valence-corrected chi connectivity index (χ1v) is 6.82. The first-order chi connectivity index (χ1) is 8.52. The minimum Gasteiger partial charge on any atom is -0.385 e. The molecule has 0 bridgehead atoms. The largest absolute Gasteiger partial charge is 0.385 e. The monoisotopic (exact) mass is 269 g/mol. The van der Waals surface area contributed by atoms with Gasteiger partial charge in [0.25, 0.3) is 5.69 Å². The molecular formula is C12H19N3O2S. The van der Waals surface area contributed by atoms with Crippen LogP contribution in [0.3, 0.4) is 0 Å². The highest BCUT2D eigenvalue weighted by Gasteiger charge is 2.09. The molecule has 0 aliphatic rings. The normalized spacial score (nSPS) is 10.7. The predicted octanol–water partition coefficient (Wildman–Crippen LogP) is 2.68. The fourth-order valence-corrected chi connectivity index (χ4v) is 2.53. The lowest BCUT2D eigenvalue weighted by Crippen LogP contribution is -2.14. The van der Waals surface area contributed by atoms with E-state index in [1.54, 1.807) is 23.9 Å². The molecule has 0 amide bonds. The Hall–Kier alpha value is -1.27. The summed E-state index contributed by atoms with van der Waals surface area (Å²) in [4.78, 5) is 13.5. The van der Waals surface area contributed by atoms with Crippen molar-refractivity contribution in [1.82, 2.24) is 4.90 Å². The second-order valence-corrected chi connectivity index (χ2v) is 5.32. The molecule has 1 rings (SSSR count). The van der Waals surface area contributed by atoms with Gasteiger partial charge in [-0.25, -0.2) is 0 Å². The zero-order chi connectivity index (χ0) is 13.5. The minimum absolute atomic E-state index is 0.140. The van der Waals surface area contributed by atoms with Gasteiger partial charge in [-0.1, -0.05) is 0 Å². The van der Waals surface area contributed by atoms with E-state index in [1.165, 1.54) is 0 Å². The van der Waals surface area contributed by atoms with Crippen LogP contribution in [0, 0.1) is 10.1 Å². The van der Waals surface area contributed by atoms with Gasteiger partial charge < -0.3 is 10.2 Å². The smallest absolute Gasteiger partial charge is 0.272 e. The first-order valence-electron chi connectivity index (χ1n) is 5.83. The van der Waals surface area contributed by atoms with Crippen LogP contribution in [0.1, 0.15) is 6.92 Å². The number of nitro benzene ring substituents is 1. The topological polar surface area (TPSA) is 58.4 Å². The average molecular weight is 269 g/mol. The van der Waals surface area contributed by atoms with Crippen LogP contribution in [-0.4, -0.2) is 42.8 Å². The Bertz CT molecular complexity index is 410. The molecule has 6 heteroatoms. The van der Waals surface area contributed by atoms with E-state index >= 15 is 0 Å². The number of nitro groups is 1. The molecule has 0 radical (unpaired) electrons. The first kappa shape index (κ1) is 14.8. The van der Waals surface area contributed by atoms with Gasteiger partial charge in [0.2, 0.25) is 0 Å². The van der Waals surface area contributed by atoms with Crippen molar-refractivity contribution >= 4 is 23.1 Å². The molecule has 0 aliphatic heterocycles. The van der Waals surface area contributed by atoms with Crippen LogP contribution in [-0.2, 0) is 0 Å². The standard InChI is InChI=1S/C12H19N3O2S/c1-4-13-10-7-11(15(16)17)9-12(8-10)18-6-5-14(2)3/h7-9,13H,4-6H2,1-3H3. The van der Waals surface area contributed by atoms with E-state index in [-0.39, 0.29) is 10.6 Å². The lowest BCUT2D eigenvalue weighted by atomic mass is 10.3. The minimum atomic E-state index is -0.350. The number of nitrogens with one attached hydrogen (secondary N) is 1. The number of thioether (sulfide) groups is 1. The molecule has 18 heavy (non-hydrogen) atoms. The van der Waals surface area contributed by atoms with Crippen LogP contribution >= 0.6 is 11.8 Å². The second-order valence-electron chi connectivity index (χ2n) is 4.15. The Morgan fingerprint density at radius 2 is 2.11 bits per heavy atom. The van der Waals surface area contributed by atoms with Crippen molar-refractivity contribution in [3.63, 3.8) is 0 Å². The fourth-order valence-electron chi connectivity index (χ4n) is 1.42.